The molecule has 50 valence electrons. The Morgan fingerprint density at radius 2 is 2.44 bits per heavy atom. The Morgan fingerprint density at radius 1 is 1.67 bits per heavy atom. The first-order chi connectivity index (χ1) is 4.34. The minimum atomic E-state index is 0.479. The van der Waals surface area contributed by atoms with Gasteiger partial charge in [-0.15, -0.1) is 0 Å². The smallest absolute Gasteiger partial charge is 0.137 e. The van der Waals surface area contributed by atoms with E-state index in [-0.39, 0.29) is 0 Å². The van der Waals surface area contributed by atoms with Crippen molar-refractivity contribution in [2.45, 2.75) is 26.3 Å². The van der Waals surface area contributed by atoms with Crippen molar-refractivity contribution in [2.75, 3.05) is 0 Å². The van der Waals surface area contributed by atoms with Crippen molar-refractivity contribution in [1.29, 1.82) is 0 Å². The van der Waals surface area contributed by atoms with Gasteiger partial charge in [-0.2, -0.15) is 5.10 Å². The van der Waals surface area contributed by atoms with E-state index in [0.717, 1.165) is 6.42 Å². The summed E-state index contributed by atoms with van der Waals surface area (Å²) in [7, 11) is 0. The van der Waals surface area contributed by atoms with Crippen LogP contribution in [0.3, 0.4) is 0 Å². The van der Waals surface area contributed by atoms with E-state index < -0.39 is 0 Å². The summed E-state index contributed by atoms with van der Waals surface area (Å²) in [6.45, 7) is 4.25. The molecule has 0 fully saturated rings. The molecule has 3 nitrogen and oxygen atoms in total. The van der Waals surface area contributed by atoms with Crippen LogP contribution in [0, 0.1) is 0 Å². The number of nitrogens with zero attached hydrogens (tertiary/aromatic N) is 3. The van der Waals surface area contributed by atoms with Crippen molar-refractivity contribution in [3.05, 3.63) is 12.7 Å². The lowest BCUT2D eigenvalue weighted by Crippen LogP contribution is -2.03. The Labute approximate surface area is 54.7 Å². The minimum Gasteiger partial charge on any atom is -0.250 e. The van der Waals surface area contributed by atoms with Gasteiger partial charge in [0.25, 0.3) is 0 Å². The lowest BCUT2D eigenvalue weighted by atomic mass is 10.3. The Bertz CT molecular complexity index is 157. The maximum atomic E-state index is 3.99. The summed E-state index contributed by atoms with van der Waals surface area (Å²) in [5.74, 6) is 0. The predicted molar refractivity (Wildman–Crippen MR) is 35.0 cm³/mol. The Kier molecular flexibility index (Phi) is 1.82. The highest BCUT2D eigenvalue weighted by Gasteiger charge is 1.98. The van der Waals surface area contributed by atoms with Crippen LogP contribution in [0.25, 0.3) is 0 Å². The molecule has 1 unspecified atom stereocenters. The van der Waals surface area contributed by atoms with Gasteiger partial charge in [0.2, 0.25) is 0 Å². The summed E-state index contributed by atoms with van der Waals surface area (Å²) in [6.07, 6.45) is 4.41. The maximum absolute atomic E-state index is 3.99. The lowest BCUT2D eigenvalue weighted by Gasteiger charge is -2.05. The average molecular weight is 125 g/mol. The third-order valence-electron chi connectivity index (χ3n) is 1.48. The summed E-state index contributed by atoms with van der Waals surface area (Å²) in [4.78, 5) is 3.84. The van der Waals surface area contributed by atoms with Gasteiger partial charge >= 0.3 is 0 Å². The van der Waals surface area contributed by atoms with Gasteiger partial charge in [0, 0.05) is 0 Å². The topological polar surface area (TPSA) is 30.7 Å². The summed E-state index contributed by atoms with van der Waals surface area (Å²) in [5, 5.41) is 3.99. The molecule has 9 heavy (non-hydrogen) atoms. The van der Waals surface area contributed by atoms with Gasteiger partial charge in [-0.25, -0.2) is 4.98 Å². The van der Waals surface area contributed by atoms with Crippen LogP contribution < -0.4 is 0 Å². The number of rotatable bonds is 2. The third-order valence-corrected chi connectivity index (χ3v) is 1.48. The number of hydrogen-bond acceptors (Lipinski definition) is 2. The van der Waals surface area contributed by atoms with Crippen molar-refractivity contribution in [3.63, 3.8) is 0 Å². The second-order valence-corrected chi connectivity index (χ2v) is 2.13. The van der Waals surface area contributed by atoms with E-state index in [4.69, 9.17) is 0 Å². The molecule has 0 spiro atoms. The predicted octanol–water partition coefficient (Wildman–Crippen LogP) is 1.25. The average Bonchev–Trinajstić information content (AvgIpc) is 2.37. The standard InChI is InChI=1S/C6H11N3/c1-3-6(2)9-5-7-4-8-9/h4-6H,3H2,1-2H3. The zero-order valence-corrected chi connectivity index (χ0v) is 5.78. The van der Waals surface area contributed by atoms with E-state index in [0.29, 0.717) is 6.04 Å². The molecule has 1 aromatic heterocycles. The first kappa shape index (κ1) is 6.26. The van der Waals surface area contributed by atoms with Gasteiger partial charge in [-0.3, -0.25) is 4.68 Å². The first-order valence-corrected chi connectivity index (χ1v) is 3.18. The molecule has 3 heteroatoms. The molecule has 0 N–H and O–H groups in total. The highest BCUT2D eigenvalue weighted by molar-refractivity contribution is 4.62. The van der Waals surface area contributed by atoms with E-state index in [1.807, 2.05) is 4.68 Å². The second-order valence-electron chi connectivity index (χ2n) is 2.13. The van der Waals surface area contributed by atoms with Gasteiger partial charge in [0.05, 0.1) is 6.04 Å². The first-order valence-electron chi connectivity index (χ1n) is 3.18. The van der Waals surface area contributed by atoms with E-state index >= 15 is 0 Å². The second kappa shape index (κ2) is 2.62. The summed E-state index contributed by atoms with van der Waals surface area (Å²) in [5.41, 5.74) is 0. The van der Waals surface area contributed by atoms with Crippen molar-refractivity contribution < 1.29 is 0 Å². The molecule has 1 heterocycles. The number of aromatic nitrogens is 3. The van der Waals surface area contributed by atoms with Crippen LogP contribution in [-0.4, -0.2) is 14.8 Å². The quantitative estimate of drug-likeness (QED) is 0.595. The van der Waals surface area contributed by atoms with Crippen LogP contribution in [0.4, 0.5) is 0 Å². The molecule has 0 aliphatic heterocycles. The highest BCUT2D eigenvalue weighted by Crippen LogP contribution is 2.04. The third kappa shape index (κ3) is 1.28. The zero-order valence-electron chi connectivity index (χ0n) is 5.78. The summed E-state index contributed by atoms with van der Waals surface area (Å²) < 4.78 is 1.86. The lowest BCUT2D eigenvalue weighted by molar-refractivity contribution is 0.476. The zero-order chi connectivity index (χ0) is 6.69. The number of hydrogen-bond donors (Lipinski definition) is 0. The summed E-state index contributed by atoms with van der Waals surface area (Å²) in [6, 6.07) is 0.479. The molecule has 0 radical (unpaired) electrons. The highest BCUT2D eigenvalue weighted by atomic mass is 15.3. The van der Waals surface area contributed by atoms with Crippen molar-refractivity contribution >= 4 is 0 Å². The molecule has 0 saturated carbocycles. The molecule has 0 aliphatic rings. The molecule has 1 atom stereocenters. The van der Waals surface area contributed by atoms with Crippen molar-refractivity contribution in [2.24, 2.45) is 0 Å². The molecule has 0 bridgehead atoms. The monoisotopic (exact) mass is 125 g/mol. The van der Waals surface area contributed by atoms with E-state index in [1.54, 1.807) is 12.7 Å². The van der Waals surface area contributed by atoms with E-state index in [2.05, 4.69) is 23.9 Å². The van der Waals surface area contributed by atoms with Crippen LogP contribution in [-0.2, 0) is 0 Å². The van der Waals surface area contributed by atoms with Gasteiger partial charge in [-0.1, -0.05) is 6.92 Å². The van der Waals surface area contributed by atoms with Gasteiger partial charge in [-0.05, 0) is 13.3 Å². The van der Waals surface area contributed by atoms with Gasteiger partial charge < -0.3 is 0 Å². The fourth-order valence-electron chi connectivity index (χ4n) is 0.632. The fourth-order valence-corrected chi connectivity index (χ4v) is 0.632. The van der Waals surface area contributed by atoms with Crippen LogP contribution >= 0.6 is 0 Å². The van der Waals surface area contributed by atoms with Crippen molar-refractivity contribution in [1.82, 2.24) is 14.8 Å². The summed E-state index contributed by atoms with van der Waals surface area (Å²) >= 11 is 0. The van der Waals surface area contributed by atoms with Gasteiger partial charge in [0.15, 0.2) is 0 Å². The maximum Gasteiger partial charge on any atom is 0.137 e. The van der Waals surface area contributed by atoms with Gasteiger partial charge in [0.1, 0.15) is 12.7 Å². The Balaban J connectivity index is 2.65. The Hall–Kier alpha value is -0.860. The molecule has 0 amide bonds. The molecule has 1 rings (SSSR count). The van der Waals surface area contributed by atoms with E-state index in [1.165, 1.54) is 0 Å². The van der Waals surface area contributed by atoms with Crippen LogP contribution in [0.15, 0.2) is 12.7 Å². The van der Waals surface area contributed by atoms with Crippen LogP contribution in [0.5, 0.6) is 0 Å². The van der Waals surface area contributed by atoms with E-state index in [9.17, 15) is 0 Å². The minimum absolute atomic E-state index is 0.479. The molecular formula is C6H11N3. The Morgan fingerprint density at radius 3 is 2.89 bits per heavy atom. The fraction of sp³-hybridized carbons (Fsp3) is 0.667. The molecular weight excluding hydrogens is 114 g/mol. The largest absolute Gasteiger partial charge is 0.250 e. The normalized spacial score (nSPS) is 13.6. The molecule has 0 aliphatic carbocycles. The molecule has 0 aromatic carbocycles. The molecule has 0 saturated heterocycles. The SMILES string of the molecule is CCC(C)n1cncn1. The van der Waals surface area contributed by atoms with Crippen molar-refractivity contribution in [3.8, 4) is 0 Å². The van der Waals surface area contributed by atoms with Crippen LogP contribution in [0.2, 0.25) is 0 Å². The van der Waals surface area contributed by atoms with Crippen LogP contribution in [0.1, 0.15) is 26.3 Å². The molecule has 1 aromatic rings.